The van der Waals surface area contributed by atoms with Crippen molar-refractivity contribution in [3.8, 4) is 5.75 Å². The molecule has 2 unspecified atom stereocenters. The van der Waals surface area contributed by atoms with Gasteiger partial charge in [-0.15, -0.1) is 0 Å². The maximum Gasteiger partial charge on any atom is 0.198 e. The molecule has 9 heteroatoms. The molecule has 1 aromatic carbocycles. The largest absolute Gasteiger partial charge is 0.488 e. The van der Waals surface area contributed by atoms with E-state index in [2.05, 4.69) is 14.9 Å². The Labute approximate surface area is 178 Å². The zero-order chi connectivity index (χ0) is 20.9. The van der Waals surface area contributed by atoms with Crippen LogP contribution in [0.5, 0.6) is 5.75 Å². The summed E-state index contributed by atoms with van der Waals surface area (Å²) in [4.78, 5) is 11.9. The number of ether oxygens (including phenoxy) is 2. The van der Waals surface area contributed by atoms with E-state index in [1.165, 1.54) is 11.3 Å². The minimum atomic E-state index is -0.751. The van der Waals surface area contributed by atoms with Crippen LogP contribution in [0.4, 0.5) is 9.52 Å². The number of anilines is 1. The third-order valence-electron chi connectivity index (χ3n) is 5.03. The van der Waals surface area contributed by atoms with Gasteiger partial charge in [0.05, 0.1) is 24.0 Å². The van der Waals surface area contributed by atoms with Gasteiger partial charge in [-0.25, -0.2) is 14.4 Å². The van der Waals surface area contributed by atoms with Crippen LogP contribution in [0.25, 0.3) is 11.1 Å². The number of aliphatic hydroxyl groups is 1. The molecule has 162 valence electrons. The number of benzene rings is 1. The molecule has 3 heterocycles. The Morgan fingerprint density at radius 1 is 1.33 bits per heavy atom. The van der Waals surface area contributed by atoms with Crippen molar-refractivity contribution in [3.63, 3.8) is 0 Å². The van der Waals surface area contributed by atoms with Crippen molar-refractivity contribution in [2.24, 2.45) is 0 Å². The zero-order valence-corrected chi connectivity index (χ0v) is 17.7. The van der Waals surface area contributed by atoms with Gasteiger partial charge in [0.2, 0.25) is 0 Å². The molecule has 0 saturated carbocycles. The fourth-order valence-corrected chi connectivity index (χ4v) is 4.26. The lowest BCUT2D eigenvalue weighted by molar-refractivity contribution is 0.152. The molecule has 1 fully saturated rings. The van der Waals surface area contributed by atoms with Crippen molar-refractivity contribution in [2.75, 3.05) is 37.9 Å². The first kappa shape index (κ1) is 21.0. The van der Waals surface area contributed by atoms with Gasteiger partial charge in [-0.3, -0.25) is 0 Å². The second-order valence-corrected chi connectivity index (χ2v) is 8.30. The molecule has 1 saturated heterocycles. The lowest BCUT2D eigenvalue weighted by Crippen LogP contribution is -2.25. The quantitative estimate of drug-likeness (QED) is 0.574. The Bertz CT molecular complexity index is 951. The summed E-state index contributed by atoms with van der Waals surface area (Å²) in [5.41, 5.74) is 1.23. The summed E-state index contributed by atoms with van der Waals surface area (Å²) in [7, 11) is 0. The zero-order valence-electron chi connectivity index (χ0n) is 16.9. The monoisotopic (exact) mass is 435 g/mol. The number of halogens is 1. The van der Waals surface area contributed by atoms with Gasteiger partial charge >= 0.3 is 0 Å². The molecule has 7 nitrogen and oxygen atoms in total. The Hall–Kier alpha value is -2.23. The van der Waals surface area contributed by atoms with E-state index in [1.54, 1.807) is 24.4 Å². The summed E-state index contributed by atoms with van der Waals surface area (Å²) in [6, 6.07) is 5.24. The smallest absolute Gasteiger partial charge is 0.198 e. The van der Waals surface area contributed by atoms with Crippen molar-refractivity contribution < 1.29 is 23.4 Å². The number of hydrogen-bond donors (Lipinski definition) is 1. The minimum absolute atomic E-state index is 0.248. The minimum Gasteiger partial charge on any atom is -0.488 e. The molecule has 1 N–H and O–H groups in total. The van der Waals surface area contributed by atoms with Crippen molar-refractivity contribution in [2.45, 2.75) is 38.4 Å². The maximum absolute atomic E-state index is 12.9. The van der Waals surface area contributed by atoms with E-state index in [1.807, 2.05) is 6.92 Å². The molecule has 2 aromatic heterocycles. The van der Waals surface area contributed by atoms with Crippen LogP contribution in [0.1, 0.15) is 36.6 Å². The molecule has 1 aliphatic heterocycles. The Morgan fingerprint density at radius 3 is 3.07 bits per heavy atom. The summed E-state index contributed by atoms with van der Waals surface area (Å²) < 4.78 is 29.8. The average Bonchev–Trinajstić information content (AvgIpc) is 3.31. The molecule has 1 aliphatic rings. The molecular formula is C21H26FN3O4S. The van der Waals surface area contributed by atoms with Gasteiger partial charge in [-0.05, 0) is 25.0 Å². The highest BCUT2D eigenvalue weighted by molar-refractivity contribution is 7.15. The van der Waals surface area contributed by atoms with Gasteiger partial charge in [0, 0.05) is 32.0 Å². The van der Waals surface area contributed by atoms with Gasteiger partial charge < -0.3 is 23.9 Å². The first-order valence-corrected chi connectivity index (χ1v) is 11.1. The molecule has 30 heavy (non-hydrogen) atoms. The number of thiazole rings is 1. The van der Waals surface area contributed by atoms with E-state index in [-0.39, 0.29) is 6.42 Å². The number of hydrogen-bond acceptors (Lipinski definition) is 8. The molecule has 3 aromatic rings. The molecule has 4 rings (SSSR count). The highest BCUT2D eigenvalue weighted by atomic mass is 32.1. The topological polar surface area (TPSA) is 80.9 Å². The van der Waals surface area contributed by atoms with E-state index in [0.717, 1.165) is 36.1 Å². The van der Waals surface area contributed by atoms with Gasteiger partial charge in [0.1, 0.15) is 24.0 Å². The van der Waals surface area contributed by atoms with Crippen LogP contribution >= 0.6 is 11.3 Å². The van der Waals surface area contributed by atoms with E-state index in [4.69, 9.17) is 13.9 Å². The Morgan fingerprint density at radius 2 is 2.23 bits per heavy atom. The number of oxazole rings is 1. The summed E-state index contributed by atoms with van der Waals surface area (Å²) in [5.74, 6) is 0.981. The number of alkyl halides is 1. The Kier molecular flexibility index (Phi) is 6.81. The van der Waals surface area contributed by atoms with Crippen molar-refractivity contribution in [1.29, 1.82) is 0 Å². The fourth-order valence-electron chi connectivity index (χ4n) is 3.31. The number of aromatic nitrogens is 2. The summed E-state index contributed by atoms with van der Waals surface area (Å²) in [5, 5.41) is 11.6. The summed E-state index contributed by atoms with van der Waals surface area (Å²) in [6.45, 7) is 4.51. The van der Waals surface area contributed by atoms with E-state index in [9.17, 15) is 9.50 Å². The standard InChI is InChI=1S/C21H26FN3O4S/c1-2-14(12-22)28-15-4-5-16-18(10-15)29-20(24-16)11-17(26)19-13-23-21(30-19)25-6-3-8-27-9-7-25/h4-5,10,13-14,17,26H,2-3,6-9,11-12H2,1H3. The molecular weight excluding hydrogens is 409 g/mol. The second kappa shape index (κ2) is 9.72. The normalized spacial score (nSPS) is 17.1. The Balaban J connectivity index is 1.43. The first-order valence-electron chi connectivity index (χ1n) is 10.2. The SMILES string of the molecule is CCC(CF)Oc1ccc2nc(CC(O)c3cnc(N4CCCOCC4)s3)oc2c1. The summed E-state index contributed by atoms with van der Waals surface area (Å²) in [6.07, 6.45) is 2.30. The molecule has 0 amide bonds. The van der Waals surface area contributed by atoms with Crippen LogP contribution in [-0.4, -0.2) is 54.2 Å². The third-order valence-corrected chi connectivity index (χ3v) is 6.19. The van der Waals surface area contributed by atoms with Gasteiger partial charge in [0.25, 0.3) is 0 Å². The number of rotatable bonds is 8. The number of aliphatic hydroxyl groups excluding tert-OH is 1. The van der Waals surface area contributed by atoms with Crippen LogP contribution in [0.3, 0.4) is 0 Å². The average molecular weight is 436 g/mol. The highest BCUT2D eigenvalue weighted by Gasteiger charge is 2.20. The third kappa shape index (κ3) is 4.91. The van der Waals surface area contributed by atoms with Gasteiger partial charge in [-0.1, -0.05) is 18.3 Å². The van der Waals surface area contributed by atoms with Crippen LogP contribution in [-0.2, 0) is 11.2 Å². The van der Waals surface area contributed by atoms with Gasteiger partial charge in [0.15, 0.2) is 16.6 Å². The van der Waals surface area contributed by atoms with Gasteiger partial charge in [-0.2, -0.15) is 0 Å². The van der Waals surface area contributed by atoms with Crippen LogP contribution in [0.2, 0.25) is 0 Å². The van der Waals surface area contributed by atoms with Crippen molar-refractivity contribution in [3.05, 3.63) is 35.2 Å². The van der Waals surface area contributed by atoms with Crippen molar-refractivity contribution >= 4 is 27.6 Å². The summed E-state index contributed by atoms with van der Waals surface area (Å²) >= 11 is 1.48. The van der Waals surface area contributed by atoms with Crippen molar-refractivity contribution in [1.82, 2.24) is 9.97 Å². The van der Waals surface area contributed by atoms with E-state index < -0.39 is 18.9 Å². The van der Waals surface area contributed by atoms with Crippen LogP contribution in [0, 0.1) is 0 Å². The van der Waals surface area contributed by atoms with Crippen LogP contribution < -0.4 is 9.64 Å². The lowest BCUT2D eigenvalue weighted by atomic mass is 10.2. The molecule has 0 aliphatic carbocycles. The predicted octanol–water partition coefficient (Wildman–Crippen LogP) is 3.91. The van der Waals surface area contributed by atoms with Crippen LogP contribution in [0.15, 0.2) is 28.8 Å². The number of nitrogens with zero attached hydrogens (tertiary/aromatic N) is 3. The van der Waals surface area contributed by atoms with E-state index >= 15 is 0 Å². The predicted molar refractivity (Wildman–Crippen MR) is 113 cm³/mol. The molecule has 2 atom stereocenters. The molecule has 0 spiro atoms. The van der Waals surface area contributed by atoms with E-state index in [0.29, 0.717) is 35.8 Å². The first-order chi connectivity index (χ1) is 14.7. The fraction of sp³-hybridized carbons (Fsp3) is 0.524. The molecule has 0 radical (unpaired) electrons. The highest BCUT2D eigenvalue weighted by Crippen LogP contribution is 2.31. The molecule has 0 bridgehead atoms. The maximum atomic E-state index is 12.9. The second-order valence-electron chi connectivity index (χ2n) is 7.26. The number of fused-ring (bicyclic) bond motifs is 1. The lowest BCUT2D eigenvalue weighted by Gasteiger charge is -2.17.